The van der Waals surface area contributed by atoms with Crippen LogP contribution in [0.25, 0.3) is 5.69 Å². The van der Waals surface area contributed by atoms with Crippen LogP contribution in [-0.2, 0) is 0 Å². The van der Waals surface area contributed by atoms with Gasteiger partial charge in [0, 0.05) is 18.5 Å². The first-order chi connectivity index (χ1) is 6.27. The van der Waals surface area contributed by atoms with Gasteiger partial charge in [0.1, 0.15) is 11.6 Å². The molecule has 4 N–H and O–H groups in total. The maximum absolute atomic E-state index is 5.67. The van der Waals surface area contributed by atoms with E-state index in [0.29, 0.717) is 11.6 Å². The molecule has 0 spiro atoms. The summed E-state index contributed by atoms with van der Waals surface area (Å²) in [4.78, 5) is 3.89. The minimum Gasteiger partial charge on any atom is -0.384 e. The van der Waals surface area contributed by atoms with Crippen LogP contribution in [0.1, 0.15) is 0 Å². The lowest BCUT2D eigenvalue weighted by Crippen LogP contribution is -2.01. The lowest BCUT2D eigenvalue weighted by Gasteiger charge is -2.01. The highest BCUT2D eigenvalue weighted by molar-refractivity contribution is 5.48. The Labute approximate surface area is 75.0 Å². The largest absolute Gasteiger partial charge is 0.384 e. The molecule has 0 aliphatic rings. The zero-order chi connectivity index (χ0) is 9.26. The number of nitrogens with two attached hydrogens (primary N) is 2. The second-order valence-electron chi connectivity index (χ2n) is 2.61. The summed E-state index contributed by atoms with van der Waals surface area (Å²) in [6, 6.07) is 5.23. The van der Waals surface area contributed by atoms with Gasteiger partial charge >= 0.3 is 0 Å². The van der Waals surface area contributed by atoms with Gasteiger partial charge in [-0.3, -0.25) is 4.98 Å². The predicted octanol–water partition coefficient (Wildman–Crippen LogP) is 0.432. The number of hydrogen-bond acceptors (Lipinski definition) is 4. The number of rotatable bonds is 1. The van der Waals surface area contributed by atoms with E-state index in [1.165, 1.54) is 0 Å². The van der Waals surface area contributed by atoms with Crippen molar-refractivity contribution in [2.24, 2.45) is 0 Å². The van der Waals surface area contributed by atoms with E-state index in [2.05, 4.69) is 10.1 Å². The molecule has 0 aliphatic heterocycles. The number of hydrogen-bond donors (Lipinski definition) is 2. The van der Waals surface area contributed by atoms with E-state index in [1.807, 2.05) is 12.1 Å². The van der Waals surface area contributed by atoms with E-state index in [1.54, 1.807) is 23.1 Å². The molecule has 5 heteroatoms. The predicted molar refractivity (Wildman–Crippen MR) is 50.2 cm³/mol. The van der Waals surface area contributed by atoms with Crippen molar-refractivity contribution < 1.29 is 0 Å². The summed E-state index contributed by atoms with van der Waals surface area (Å²) >= 11 is 0. The fourth-order valence-corrected chi connectivity index (χ4v) is 1.11. The molecule has 0 radical (unpaired) electrons. The molecule has 0 aromatic carbocycles. The first-order valence-corrected chi connectivity index (χ1v) is 3.79. The smallest absolute Gasteiger partial charge is 0.148 e. The highest BCUT2D eigenvalue weighted by Gasteiger charge is 2.02. The molecule has 2 rings (SSSR count). The third-order valence-corrected chi connectivity index (χ3v) is 1.66. The molecule has 0 saturated carbocycles. The third kappa shape index (κ3) is 1.31. The molecule has 0 saturated heterocycles. The van der Waals surface area contributed by atoms with Gasteiger partial charge in [0.15, 0.2) is 0 Å². The molecule has 0 unspecified atom stereocenters. The van der Waals surface area contributed by atoms with Gasteiger partial charge in [-0.2, -0.15) is 0 Å². The van der Waals surface area contributed by atoms with Crippen LogP contribution in [0.15, 0.2) is 30.6 Å². The summed E-state index contributed by atoms with van der Waals surface area (Å²) in [5, 5.41) is 4.02. The quantitative estimate of drug-likeness (QED) is 0.658. The Balaban J connectivity index is 2.53. The lowest BCUT2D eigenvalue weighted by atomic mass is 10.4. The number of anilines is 2. The maximum Gasteiger partial charge on any atom is 0.148 e. The Morgan fingerprint density at radius 3 is 2.38 bits per heavy atom. The topological polar surface area (TPSA) is 82.8 Å². The number of pyridine rings is 1. The summed E-state index contributed by atoms with van der Waals surface area (Å²) in [6.07, 6.45) is 3.35. The average molecular weight is 175 g/mol. The summed E-state index contributed by atoms with van der Waals surface area (Å²) in [7, 11) is 0. The molecule has 5 nitrogen and oxygen atoms in total. The van der Waals surface area contributed by atoms with Crippen LogP contribution in [0.2, 0.25) is 0 Å². The molecule has 0 amide bonds. The molecule has 2 aromatic heterocycles. The van der Waals surface area contributed by atoms with Crippen molar-refractivity contribution >= 4 is 11.6 Å². The first kappa shape index (κ1) is 7.60. The molecule has 0 bridgehead atoms. The number of nitrogen functional groups attached to an aromatic ring is 2. The van der Waals surface area contributed by atoms with E-state index in [-0.39, 0.29) is 0 Å². The minimum absolute atomic E-state index is 0.411. The standard InChI is InChI=1S/C8H9N5/c9-7-5-8(10)13(12-7)6-1-3-11-4-2-6/h1-5H,10H2,(H2,9,12). The molecular formula is C8H9N5. The summed E-state index contributed by atoms with van der Waals surface area (Å²) in [6.45, 7) is 0. The zero-order valence-electron chi connectivity index (χ0n) is 6.88. The van der Waals surface area contributed by atoms with E-state index in [9.17, 15) is 0 Å². The molecule has 2 heterocycles. The minimum atomic E-state index is 0.411. The van der Waals surface area contributed by atoms with E-state index in [0.717, 1.165) is 5.69 Å². The van der Waals surface area contributed by atoms with Crippen molar-refractivity contribution in [2.75, 3.05) is 11.5 Å². The van der Waals surface area contributed by atoms with Crippen LogP contribution in [-0.4, -0.2) is 14.8 Å². The van der Waals surface area contributed by atoms with Crippen molar-refractivity contribution in [3.8, 4) is 5.69 Å². The van der Waals surface area contributed by atoms with Crippen LogP contribution >= 0.6 is 0 Å². The van der Waals surface area contributed by atoms with Crippen LogP contribution in [0.5, 0.6) is 0 Å². The van der Waals surface area contributed by atoms with Crippen molar-refractivity contribution in [1.29, 1.82) is 0 Å². The third-order valence-electron chi connectivity index (χ3n) is 1.66. The van der Waals surface area contributed by atoms with Gasteiger partial charge in [0.05, 0.1) is 5.69 Å². The van der Waals surface area contributed by atoms with Gasteiger partial charge in [-0.1, -0.05) is 0 Å². The number of nitrogens with zero attached hydrogens (tertiary/aromatic N) is 3. The van der Waals surface area contributed by atoms with E-state index in [4.69, 9.17) is 11.5 Å². The van der Waals surface area contributed by atoms with Gasteiger partial charge in [0.2, 0.25) is 0 Å². The van der Waals surface area contributed by atoms with Crippen molar-refractivity contribution in [1.82, 2.24) is 14.8 Å². The monoisotopic (exact) mass is 175 g/mol. The van der Waals surface area contributed by atoms with Gasteiger partial charge in [-0.05, 0) is 12.1 Å². The van der Waals surface area contributed by atoms with Gasteiger partial charge in [-0.15, -0.1) is 5.10 Å². The van der Waals surface area contributed by atoms with Crippen LogP contribution in [0.4, 0.5) is 11.6 Å². The summed E-state index contributed by atoms with van der Waals surface area (Å²) in [5.41, 5.74) is 12.0. The Kier molecular flexibility index (Phi) is 1.63. The van der Waals surface area contributed by atoms with Crippen molar-refractivity contribution in [3.63, 3.8) is 0 Å². The molecule has 0 fully saturated rings. The second-order valence-corrected chi connectivity index (χ2v) is 2.61. The van der Waals surface area contributed by atoms with E-state index < -0.39 is 0 Å². The Morgan fingerprint density at radius 2 is 1.85 bits per heavy atom. The second kappa shape index (κ2) is 2.78. The fraction of sp³-hybridized carbons (Fsp3) is 0. The molecular weight excluding hydrogens is 166 g/mol. The highest BCUT2D eigenvalue weighted by atomic mass is 15.3. The van der Waals surface area contributed by atoms with Crippen LogP contribution in [0.3, 0.4) is 0 Å². The molecule has 0 atom stereocenters. The maximum atomic E-state index is 5.67. The first-order valence-electron chi connectivity index (χ1n) is 3.79. The summed E-state index contributed by atoms with van der Waals surface area (Å²) in [5.74, 6) is 0.929. The average Bonchev–Trinajstić information content (AvgIpc) is 2.47. The Bertz CT molecular complexity index is 406. The van der Waals surface area contributed by atoms with Crippen molar-refractivity contribution in [3.05, 3.63) is 30.6 Å². The molecule has 2 aromatic rings. The van der Waals surface area contributed by atoms with E-state index >= 15 is 0 Å². The highest BCUT2D eigenvalue weighted by Crippen LogP contribution is 2.13. The Hall–Kier alpha value is -2.04. The van der Waals surface area contributed by atoms with Gasteiger partial charge in [-0.25, -0.2) is 4.68 Å². The van der Waals surface area contributed by atoms with Crippen molar-refractivity contribution in [2.45, 2.75) is 0 Å². The van der Waals surface area contributed by atoms with Crippen LogP contribution < -0.4 is 11.5 Å². The normalized spacial score (nSPS) is 10.2. The number of aromatic nitrogens is 3. The SMILES string of the molecule is Nc1cc(N)n(-c2ccncc2)n1. The molecule has 66 valence electrons. The van der Waals surface area contributed by atoms with Gasteiger partial charge < -0.3 is 11.5 Å². The summed E-state index contributed by atoms with van der Waals surface area (Å²) < 4.78 is 1.57. The Morgan fingerprint density at radius 1 is 1.15 bits per heavy atom. The zero-order valence-corrected chi connectivity index (χ0v) is 6.88. The lowest BCUT2D eigenvalue weighted by molar-refractivity contribution is 0.894. The molecule has 0 aliphatic carbocycles. The molecule has 13 heavy (non-hydrogen) atoms. The fourth-order valence-electron chi connectivity index (χ4n) is 1.11. The van der Waals surface area contributed by atoms with Crippen LogP contribution in [0, 0.1) is 0 Å². The van der Waals surface area contributed by atoms with Gasteiger partial charge in [0.25, 0.3) is 0 Å².